The van der Waals surface area contributed by atoms with Crippen molar-refractivity contribution in [2.75, 3.05) is 0 Å². The van der Waals surface area contributed by atoms with Crippen LogP contribution in [-0.4, -0.2) is 16.6 Å². The molecule has 1 aliphatic carbocycles. The molecule has 0 fully saturated rings. The summed E-state index contributed by atoms with van der Waals surface area (Å²) in [6.45, 7) is 5.66. The Morgan fingerprint density at radius 1 is 1.44 bits per heavy atom. The molecule has 0 spiro atoms. The molecule has 1 aromatic heterocycles. The molecule has 2 rings (SSSR count). The Hall–Kier alpha value is -1.09. The molecule has 0 unspecified atom stereocenters. The molecular weight excluding hydrogens is 250 g/mol. The zero-order valence-electron chi connectivity index (χ0n) is 11.0. The van der Waals surface area contributed by atoms with Gasteiger partial charge in [0.25, 0.3) is 0 Å². The number of aromatic nitrogens is 1. The lowest BCUT2D eigenvalue weighted by atomic mass is 10.0. The first-order chi connectivity index (χ1) is 8.33. The van der Waals surface area contributed by atoms with Crippen LogP contribution in [0.3, 0.4) is 0 Å². The third-order valence-corrected chi connectivity index (χ3v) is 3.15. The Bertz CT molecular complexity index is 465. The van der Waals surface area contributed by atoms with Crippen LogP contribution in [0.2, 0.25) is 5.15 Å². The fourth-order valence-corrected chi connectivity index (χ4v) is 2.51. The van der Waals surface area contributed by atoms with E-state index in [1.165, 1.54) is 11.1 Å². The number of rotatable bonds is 2. The molecule has 0 aliphatic heterocycles. The number of pyridine rings is 1. The van der Waals surface area contributed by atoms with Crippen molar-refractivity contribution in [3.8, 4) is 0 Å². The number of fused-ring (bicyclic) bond motifs is 1. The summed E-state index contributed by atoms with van der Waals surface area (Å²) < 4.78 is 5.34. The maximum absolute atomic E-state index is 11.8. The van der Waals surface area contributed by atoms with Gasteiger partial charge in [0.2, 0.25) is 0 Å². The summed E-state index contributed by atoms with van der Waals surface area (Å²) in [6.07, 6.45) is 4.05. The van der Waals surface area contributed by atoms with Crippen LogP contribution in [0.4, 0.5) is 0 Å². The smallest absolute Gasteiger partial charge is 0.306 e. The van der Waals surface area contributed by atoms with E-state index in [2.05, 4.69) is 4.98 Å². The zero-order chi connectivity index (χ0) is 13.3. The number of hydrogen-bond donors (Lipinski definition) is 0. The van der Waals surface area contributed by atoms with Gasteiger partial charge in [-0.15, -0.1) is 0 Å². The van der Waals surface area contributed by atoms with E-state index >= 15 is 0 Å². The first kappa shape index (κ1) is 13.3. The van der Waals surface area contributed by atoms with Crippen LogP contribution in [-0.2, 0) is 22.4 Å². The van der Waals surface area contributed by atoms with E-state index in [1.807, 2.05) is 33.0 Å². The van der Waals surface area contributed by atoms with Crippen LogP contribution in [0.5, 0.6) is 0 Å². The van der Waals surface area contributed by atoms with E-state index in [-0.39, 0.29) is 5.97 Å². The Morgan fingerprint density at radius 3 is 2.78 bits per heavy atom. The average molecular weight is 268 g/mol. The fraction of sp³-hybridized carbons (Fsp3) is 0.571. The third kappa shape index (κ3) is 3.45. The number of nitrogens with zero attached hydrogens (tertiary/aromatic N) is 1. The number of esters is 1. The number of ether oxygens (including phenoxy) is 1. The van der Waals surface area contributed by atoms with Gasteiger partial charge >= 0.3 is 5.97 Å². The maximum atomic E-state index is 11.8. The van der Waals surface area contributed by atoms with Crippen molar-refractivity contribution in [2.24, 2.45) is 5.92 Å². The average Bonchev–Trinajstić information content (AvgIpc) is 2.55. The molecule has 1 atom stereocenters. The van der Waals surface area contributed by atoms with Crippen LogP contribution in [0.15, 0.2) is 12.3 Å². The molecule has 0 radical (unpaired) electrons. The lowest BCUT2D eigenvalue weighted by molar-refractivity contribution is -0.155. The number of hydrogen-bond acceptors (Lipinski definition) is 3. The molecule has 1 aliphatic rings. The van der Waals surface area contributed by atoms with Gasteiger partial charge in [-0.1, -0.05) is 11.6 Å². The normalized spacial score (nSPS) is 18.6. The Labute approximate surface area is 113 Å². The van der Waals surface area contributed by atoms with Gasteiger partial charge in [-0.05, 0) is 56.7 Å². The Balaban J connectivity index is 1.94. The van der Waals surface area contributed by atoms with Crippen LogP contribution < -0.4 is 0 Å². The number of carbonyl (C=O) groups is 1. The second kappa shape index (κ2) is 4.88. The molecule has 0 saturated carbocycles. The summed E-state index contributed by atoms with van der Waals surface area (Å²) in [5.41, 5.74) is 2.00. The summed E-state index contributed by atoms with van der Waals surface area (Å²) in [4.78, 5) is 15.8. The molecule has 3 nitrogen and oxygen atoms in total. The van der Waals surface area contributed by atoms with Gasteiger partial charge in [0.15, 0.2) is 0 Å². The van der Waals surface area contributed by atoms with Gasteiger partial charge in [-0.2, -0.15) is 0 Å². The van der Waals surface area contributed by atoms with Crippen molar-refractivity contribution in [3.05, 3.63) is 28.5 Å². The maximum Gasteiger partial charge on any atom is 0.306 e. The van der Waals surface area contributed by atoms with Crippen molar-refractivity contribution in [2.45, 2.75) is 45.6 Å². The predicted octanol–water partition coefficient (Wildman–Crippen LogP) is 3.18. The predicted molar refractivity (Wildman–Crippen MR) is 70.6 cm³/mol. The van der Waals surface area contributed by atoms with E-state index < -0.39 is 5.60 Å². The van der Waals surface area contributed by atoms with Crippen molar-refractivity contribution < 1.29 is 9.53 Å². The number of carbonyl (C=O) groups excluding carboxylic acids is 1. The molecule has 1 heterocycles. The fourth-order valence-electron chi connectivity index (χ4n) is 2.33. The van der Waals surface area contributed by atoms with Crippen LogP contribution in [0.1, 0.15) is 38.3 Å². The minimum atomic E-state index is -0.409. The van der Waals surface area contributed by atoms with Crippen LogP contribution in [0, 0.1) is 5.92 Å². The largest absolute Gasteiger partial charge is 0.460 e. The van der Waals surface area contributed by atoms with Crippen LogP contribution in [0.25, 0.3) is 0 Å². The summed E-state index contributed by atoms with van der Waals surface area (Å²) in [5, 5.41) is 0.520. The first-order valence-electron chi connectivity index (χ1n) is 6.18. The highest BCUT2D eigenvalue weighted by molar-refractivity contribution is 6.29. The highest BCUT2D eigenvalue weighted by atomic mass is 35.5. The topological polar surface area (TPSA) is 39.2 Å². The lowest BCUT2D eigenvalue weighted by Crippen LogP contribution is -2.25. The SMILES string of the molecule is CC(C)(C)OC(=O)C[C@H]1Cc2cnc(Cl)cc2C1. The second-order valence-corrected chi connectivity index (χ2v) is 6.23. The third-order valence-electron chi connectivity index (χ3n) is 2.94. The highest BCUT2D eigenvalue weighted by Gasteiger charge is 2.26. The molecule has 4 heteroatoms. The quantitative estimate of drug-likeness (QED) is 0.610. The molecule has 0 saturated heterocycles. The molecule has 0 aromatic carbocycles. The van der Waals surface area contributed by atoms with Gasteiger partial charge in [0, 0.05) is 12.6 Å². The summed E-state index contributed by atoms with van der Waals surface area (Å²) in [7, 11) is 0. The second-order valence-electron chi connectivity index (χ2n) is 5.84. The highest BCUT2D eigenvalue weighted by Crippen LogP contribution is 2.30. The molecular formula is C14H18ClNO2. The van der Waals surface area contributed by atoms with E-state index in [9.17, 15) is 4.79 Å². The van der Waals surface area contributed by atoms with E-state index in [0.29, 0.717) is 17.5 Å². The van der Waals surface area contributed by atoms with Gasteiger partial charge in [-0.3, -0.25) is 4.79 Å². The Morgan fingerprint density at radius 2 is 2.11 bits per heavy atom. The molecule has 0 N–H and O–H groups in total. The summed E-state index contributed by atoms with van der Waals surface area (Å²) >= 11 is 5.86. The summed E-state index contributed by atoms with van der Waals surface area (Å²) in [5.74, 6) is 0.189. The minimum Gasteiger partial charge on any atom is -0.460 e. The van der Waals surface area contributed by atoms with Crippen molar-refractivity contribution in [1.29, 1.82) is 0 Å². The van der Waals surface area contributed by atoms with Crippen molar-refractivity contribution in [1.82, 2.24) is 4.98 Å². The van der Waals surface area contributed by atoms with Crippen LogP contribution >= 0.6 is 11.6 Å². The zero-order valence-corrected chi connectivity index (χ0v) is 11.8. The van der Waals surface area contributed by atoms with Gasteiger partial charge in [-0.25, -0.2) is 4.98 Å². The van der Waals surface area contributed by atoms with Crippen molar-refractivity contribution >= 4 is 17.6 Å². The minimum absolute atomic E-state index is 0.126. The van der Waals surface area contributed by atoms with E-state index in [1.54, 1.807) is 0 Å². The standard InChI is InChI=1S/C14H18ClNO2/c1-14(2,3)18-13(17)6-9-4-10-7-12(15)16-8-11(10)5-9/h7-9H,4-6H2,1-3H3/t9-/m1/s1. The molecule has 18 heavy (non-hydrogen) atoms. The van der Waals surface area contributed by atoms with Crippen molar-refractivity contribution in [3.63, 3.8) is 0 Å². The monoisotopic (exact) mass is 267 g/mol. The molecule has 1 aromatic rings. The summed E-state index contributed by atoms with van der Waals surface area (Å²) in [6, 6.07) is 1.89. The van der Waals surface area contributed by atoms with E-state index in [4.69, 9.17) is 16.3 Å². The van der Waals surface area contributed by atoms with Gasteiger partial charge in [0.1, 0.15) is 10.8 Å². The molecule has 0 bridgehead atoms. The number of halogens is 1. The Kier molecular flexibility index (Phi) is 3.62. The molecule has 98 valence electrons. The van der Waals surface area contributed by atoms with Gasteiger partial charge < -0.3 is 4.74 Å². The first-order valence-corrected chi connectivity index (χ1v) is 6.56. The molecule has 0 amide bonds. The van der Waals surface area contributed by atoms with E-state index in [0.717, 1.165) is 12.8 Å². The lowest BCUT2D eigenvalue weighted by Gasteiger charge is -2.20. The van der Waals surface area contributed by atoms with Gasteiger partial charge in [0.05, 0.1) is 0 Å².